The Morgan fingerprint density at radius 1 is 1.07 bits per heavy atom. The van der Waals surface area contributed by atoms with E-state index in [0.717, 1.165) is 5.56 Å². The van der Waals surface area contributed by atoms with Crippen molar-refractivity contribution in [2.24, 2.45) is 0 Å². The number of methoxy groups -OCH3 is 1. The maximum Gasteiger partial charge on any atom is 0.243 e. The minimum Gasteiger partial charge on any atom is -0.497 e. The lowest BCUT2D eigenvalue weighted by molar-refractivity contribution is 0.00584. The SMILES string of the molecule is COc1ccc2c(c1)C(=O)CC1(CCN(S(=O)(=O)c3ccc(C)cc3)CC1)O2. The zero-order valence-corrected chi connectivity index (χ0v) is 16.8. The van der Waals surface area contributed by atoms with Gasteiger partial charge in [0.25, 0.3) is 0 Å². The van der Waals surface area contributed by atoms with Gasteiger partial charge >= 0.3 is 0 Å². The molecule has 2 heterocycles. The molecule has 0 unspecified atom stereocenters. The Labute approximate surface area is 165 Å². The number of rotatable bonds is 3. The number of hydrogen-bond acceptors (Lipinski definition) is 5. The normalized spacial score (nSPS) is 19.1. The summed E-state index contributed by atoms with van der Waals surface area (Å²) in [6, 6.07) is 12.1. The number of nitrogens with zero attached hydrogens (tertiary/aromatic N) is 1. The van der Waals surface area contributed by atoms with Crippen molar-refractivity contribution in [3.8, 4) is 11.5 Å². The van der Waals surface area contributed by atoms with Gasteiger partial charge in [-0.3, -0.25) is 4.79 Å². The molecule has 1 spiro atoms. The highest BCUT2D eigenvalue weighted by Crippen LogP contribution is 2.41. The fourth-order valence-electron chi connectivity index (χ4n) is 3.87. The van der Waals surface area contributed by atoms with Gasteiger partial charge in [0, 0.05) is 25.9 Å². The average molecular weight is 401 g/mol. The highest BCUT2D eigenvalue weighted by Gasteiger charge is 2.45. The van der Waals surface area contributed by atoms with Gasteiger partial charge in [0.05, 0.1) is 24.0 Å². The largest absolute Gasteiger partial charge is 0.497 e. The number of Topliss-reactive ketones (excluding diaryl/α,β-unsaturated/α-hetero) is 1. The third kappa shape index (κ3) is 3.29. The summed E-state index contributed by atoms with van der Waals surface area (Å²) in [4.78, 5) is 13.0. The topological polar surface area (TPSA) is 72.9 Å². The lowest BCUT2D eigenvalue weighted by Gasteiger charge is -2.43. The Morgan fingerprint density at radius 3 is 2.39 bits per heavy atom. The summed E-state index contributed by atoms with van der Waals surface area (Å²) in [6.45, 7) is 2.58. The number of piperidine rings is 1. The van der Waals surface area contributed by atoms with Gasteiger partial charge in [0.15, 0.2) is 5.78 Å². The Balaban J connectivity index is 1.52. The molecule has 2 aromatic carbocycles. The second-order valence-corrected chi connectivity index (χ2v) is 9.40. The maximum absolute atomic E-state index is 12.9. The molecule has 6 nitrogen and oxygen atoms in total. The van der Waals surface area contributed by atoms with Crippen molar-refractivity contribution >= 4 is 15.8 Å². The summed E-state index contributed by atoms with van der Waals surface area (Å²) in [6.07, 6.45) is 1.22. The predicted octanol–water partition coefficient (Wildman–Crippen LogP) is 3.19. The standard InChI is InChI=1S/C21H23NO5S/c1-15-3-6-17(7-4-15)28(24,25)22-11-9-21(10-12-22)14-19(23)18-13-16(26-2)5-8-20(18)27-21/h3-8,13H,9-12,14H2,1-2H3. The van der Waals surface area contributed by atoms with Crippen molar-refractivity contribution in [3.05, 3.63) is 53.6 Å². The summed E-state index contributed by atoms with van der Waals surface area (Å²) in [5, 5.41) is 0. The van der Waals surface area contributed by atoms with E-state index >= 15 is 0 Å². The number of carbonyl (C=O) groups excluding carboxylic acids is 1. The predicted molar refractivity (Wildman–Crippen MR) is 104 cm³/mol. The van der Waals surface area contributed by atoms with Crippen LogP contribution in [0.1, 0.15) is 35.2 Å². The van der Waals surface area contributed by atoms with Crippen LogP contribution in [0.4, 0.5) is 0 Å². The van der Waals surface area contributed by atoms with Crippen molar-refractivity contribution in [1.82, 2.24) is 4.31 Å². The number of carbonyl (C=O) groups is 1. The molecular formula is C21H23NO5S. The van der Waals surface area contributed by atoms with E-state index in [1.165, 1.54) is 4.31 Å². The van der Waals surface area contributed by atoms with Crippen LogP contribution in [0.2, 0.25) is 0 Å². The van der Waals surface area contributed by atoms with E-state index in [0.29, 0.717) is 47.9 Å². The van der Waals surface area contributed by atoms with Gasteiger partial charge in [-0.05, 0) is 37.3 Å². The van der Waals surface area contributed by atoms with Gasteiger partial charge in [-0.25, -0.2) is 8.42 Å². The fraction of sp³-hybridized carbons (Fsp3) is 0.381. The molecule has 2 aliphatic rings. The molecule has 0 saturated carbocycles. The maximum atomic E-state index is 12.9. The minimum absolute atomic E-state index is 0.00925. The van der Waals surface area contributed by atoms with Crippen LogP contribution in [0, 0.1) is 6.92 Å². The summed E-state index contributed by atoms with van der Waals surface area (Å²) in [7, 11) is -1.98. The first-order valence-electron chi connectivity index (χ1n) is 9.30. The molecule has 0 atom stereocenters. The van der Waals surface area contributed by atoms with E-state index in [-0.39, 0.29) is 12.2 Å². The number of fused-ring (bicyclic) bond motifs is 1. The van der Waals surface area contributed by atoms with Crippen LogP contribution >= 0.6 is 0 Å². The average Bonchev–Trinajstić information content (AvgIpc) is 2.68. The quantitative estimate of drug-likeness (QED) is 0.790. The molecule has 1 saturated heterocycles. The van der Waals surface area contributed by atoms with Crippen LogP contribution < -0.4 is 9.47 Å². The first kappa shape index (κ1) is 19.0. The van der Waals surface area contributed by atoms with Crippen molar-refractivity contribution in [1.29, 1.82) is 0 Å². The van der Waals surface area contributed by atoms with Crippen LogP contribution in [0.3, 0.4) is 0 Å². The van der Waals surface area contributed by atoms with Crippen LogP contribution in [-0.2, 0) is 10.0 Å². The molecule has 0 radical (unpaired) electrons. The first-order valence-corrected chi connectivity index (χ1v) is 10.7. The third-order valence-corrected chi connectivity index (χ3v) is 7.50. The van der Waals surface area contributed by atoms with Crippen molar-refractivity contribution in [3.63, 3.8) is 0 Å². The number of hydrogen-bond donors (Lipinski definition) is 0. The van der Waals surface area contributed by atoms with Crippen molar-refractivity contribution in [2.45, 2.75) is 36.7 Å². The lowest BCUT2D eigenvalue weighted by Crippen LogP contribution is -2.52. The van der Waals surface area contributed by atoms with Gasteiger partial charge in [-0.1, -0.05) is 17.7 Å². The molecule has 2 aliphatic heterocycles. The smallest absolute Gasteiger partial charge is 0.243 e. The van der Waals surface area contributed by atoms with Gasteiger partial charge in [-0.2, -0.15) is 4.31 Å². The van der Waals surface area contributed by atoms with Crippen molar-refractivity contribution < 1.29 is 22.7 Å². The van der Waals surface area contributed by atoms with E-state index in [2.05, 4.69) is 0 Å². The zero-order chi connectivity index (χ0) is 19.9. The van der Waals surface area contributed by atoms with E-state index in [1.807, 2.05) is 6.92 Å². The molecule has 2 aromatic rings. The molecule has 1 fully saturated rings. The summed E-state index contributed by atoms with van der Waals surface area (Å²) >= 11 is 0. The number of sulfonamides is 1. The van der Waals surface area contributed by atoms with Gasteiger partial charge in [-0.15, -0.1) is 0 Å². The Bertz CT molecular complexity index is 1010. The van der Waals surface area contributed by atoms with Crippen LogP contribution in [0.15, 0.2) is 47.4 Å². The Morgan fingerprint density at radius 2 is 1.75 bits per heavy atom. The molecule has 0 aromatic heterocycles. The van der Waals surface area contributed by atoms with Gasteiger partial charge in [0.2, 0.25) is 10.0 Å². The van der Waals surface area contributed by atoms with Gasteiger partial charge in [0.1, 0.15) is 17.1 Å². The minimum atomic E-state index is -3.54. The summed E-state index contributed by atoms with van der Waals surface area (Å²) in [5.74, 6) is 1.17. The van der Waals surface area contributed by atoms with Gasteiger partial charge < -0.3 is 9.47 Å². The highest BCUT2D eigenvalue weighted by atomic mass is 32.2. The zero-order valence-electron chi connectivity index (χ0n) is 16.0. The monoisotopic (exact) mass is 401 g/mol. The van der Waals surface area contributed by atoms with Crippen LogP contribution in [0.5, 0.6) is 11.5 Å². The molecule has 0 aliphatic carbocycles. The second-order valence-electron chi connectivity index (χ2n) is 7.46. The summed E-state index contributed by atoms with van der Waals surface area (Å²) in [5.41, 5.74) is 0.901. The number of ketones is 1. The van der Waals surface area contributed by atoms with E-state index < -0.39 is 15.6 Å². The van der Waals surface area contributed by atoms with E-state index in [4.69, 9.17) is 9.47 Å². The Kier molecular flexibility index (Phi) is 4.67. The number of benzene rings is 2. The lowest BCUT2D eigenvalue weighted by atomic mass is 9.83. The molecule has 7 heteroatoms. The number of ether oxygens (including phenoxy) is 2. The molecule has 0 bridgehead atoms. The first-order chi connectivity index (χ1) is 13.3. The molecule has 0 amide bonds. The highest BCUT2D eigenvalue weighted by molar-refractivity contribution is 7.89. The van der Waals surface area contributed by atoms with Crippen molar-refractivity contribution in [2.75, 3.05) is 20.2 Å². The second kappa shape index (κ2) is 6.90. The molecular weight excluding hydrogens is 378 g/mol. The molecule has 0 N–H and O–H groups in total. The van der Waals surface area contributed by atoms with E-state index in [9.17, 15) is 13.2 Å². The van der Waals surface area contributed by atoms with Crippen LogP contribution in [-0.4, -0.2) is 44.3 Å². The molecule has 4 rings (SSSR count). The molecule has 148 valence electrons. The third-order valence-electron chi connectivity index (χ3n) is 5.59. The van der Waals surface area contributed by atoms with Crippen LogP contribution in [0.25, 0.3) is 0 Å². The molecule has 28 heavy (non-hydrogen) atoms. The fourth-order valence-corrected chi connectivity index (χ4v) is 5.31. The number of aryl methyl sites for hydroxylation is 1. The Hall–Kier alpha value is -2.38. The summed E-state index contributed by atoms with van der Waals surface area (Å²) < 4.78 is 38.7. The van der Waals surface area contributed by atoms with E-state index in [1.54, 1.807) is 49.6 Å².